The summed E-state index contributed by atoms with van der Waals surface area (Å²) in [5, 5.41) is 0. The number of fused-ring (bicyclic) bond motifs is 1. The maximum Gasteiger partial charge on any atom is 0.263 e. The molecule has 19 heavy (non-hydrogen) atoms. The molecule has 1 aromatic carbocycles. The van der Waals surface area contributed by atoms with Gasteiger partial charge in [0.05, 0.1) is 6.10 Å². The van der Waals surface area contributed by atoms with Gasteiger partial charge in [-0.15, -0.1) is 0 Å². The second kappa shape index (κ2) is 5.21. The number of para-hydroxylation sites is 1. The Bertz CT molecular complexity index is 441. The number of ether oxygens (including phenoxy) is 2. The van der Waals surface area contributed by atoms with Crippen LogP contribution in [0.25, 0.3) is 0 Å². The van der Waals surface area contributed by atoms with Gasteiger partial charge in [-0.1, -0.05) is 18.2 Å². The largest absolute Gasteiger partial charge is 0.480 e. The van der Waals surface area contributed by atoms with Crippen molar-refractivity contribution in [2.24, 2.45) is 0 Å². The summed E-state index contributed by atoms with van der Waals surface area (Å²) in [6.07, 6.45) is 2.49. The van der Waals surface area contributed by atoms with Crippen molar-refractivity contribution in [1.82, 2.24) is 4.90 Å². The minimum absolute atomic E-state index is 0.116. The Kier molecular flexibility index (Phi) is 3.42. The highest BCUT2D eigenvalue weighted by Gasteiger charge is 2.33. The molecule has 0 spiro atoms. The van der Waals surface area contributed by atoms with Crippen LogP contribution in [0.2, 0.25) is 0 Å². The molecule has 2 aliphatic rings. The monoisotopic (exact) mass is 261 g/mol. The molecule has 2 heterocycles. The molecule has 1 fully saturated rings. The van der Waals surface area contributed by atoms with E-state index >= 15 is 0 Å². The van der Waals surface area contributed by atoms with Crippen LogP contribution in [-0.4, -0.2) is 43.2 Å². The van der Waals surface area contributed by atoms with Crippen molar-refractivity contribution in [3.63, 3.8) is 0 Å². The number of hydrogen-bond acceptors (Lipinski definition) is 3. The van der Waals surface area contributed by atoms with Gasteiger partial charge in [0.1, 0.15) is 5.75 Å². The predicted octanol–water partition coefficient (Wildman–Crippen LogP) is 1.63. The van der Waals surface area contributed by atoms with Crippen LogP contribution >= 0.6 is 0 Å². The third kappa shape index (κ3) is 2.45. The van der Waals surface area contributed by atoms with Crippen molar-refractivity contribution in [2.75, 3.05) is 20.2 Å². The minimum atomic E-state index is -0.337. The number of likely N-dealkylation sites (tertiary alicyclic amines) is 1. The Balaban J connectivity index is 1.61. The molecule has 0 saturated carbocycles. The topological polar surface area (TPSA) is 38.8 Å². The van der Waals surface area contributed by atoms with Gasteiger partial charge in [-0.3, -0.25) is 4.79 Å². The zero-order valence-electron chi connectivity index (χ0n) is 11.2. The Labute approximate surface area is 113 Å². The van der Waals surface area contributed by atoms with Gasteiger partial charge in [0, 0.05) is 26.6 Å². The first-order valence-electron chi connectivity index (χ1n) is 6.84. The van der Waals surface area contributed by atoms with E-state index in [9.17, 15) is 4.79 Å². The van der Waals surface area contributed by atoms with Gasteiger partial charge in [-0.25, -0.2) is 0 Å². The molecule has 0 aromatic heterocycles. The predicted molar refractivity (Wildman–Crippen MR) is 71.2 cm³/mol. The SMILES string of the molecule is COC1CCN(C(=O)C2Cc3ccccc3O2)CC1. The molecule has 3 rings (SSSR count). The van der Waals surface area contributed by atoms with Crippen LogP contribution in [0, 0.1) is 0 Å². The Morgan fingerprint density at radius 3 is 2.74 bits per heavy atom. The molecule has 2 aliphatic heterocycles. The summed E-state index contributed by atoms with van der Waals surface area (Å²) < 4.78 is 11.1. The zero-order chi connectivity index (χ0) is 13.2. The minimum Gasteiger partial charge on any atom is -0.480 e. The fourth-order valence-corrected chi connectivity index (χ4v) is 2.84. The van der Waals surface area contributed by atoms with Gasteiger partial charge >= 0.3 is 0 Å². The average molecular weight is 261 g/mol. The number of carbonyl (C=O) groups is 1. The third-order valence-electron chi connectivity index (χ3n) is 4.01. The molecule has 1 amide bonds. The van der Waals surface area contributed by atoms with Crippen LogP contribution < -0.4 is 4.74 Å². The first-order chi connectivity index (χ1) is 9.28. The van der Waals surface area contributed by atoms with Crippen LogP contribution in [0.4, 0.5) is 0 Å². The van der Waals surface area contributed by atoms with E-state index in [1.165, 1.54) is 0 Å². The lowest BCUT2D eigenvalue weighted by atomic mass is 10.1. The fraction of sp³-hybridized carbons (Fsp3) is 0.533. The maximum atomic E-state index is 12.4. The lowest BCUT2D eigenvalue weighted by molar-refractivity contribution is -0.140. The molecule has 4 heteroatoms. The van der Waals surface area contributed by atoms with E-state index in [4.69, 9.17) is 9.47 Å². The van der Waals surface area contributed by atoms with Gasteiger partial charge in [0.2, 0.25) is 0 Å². The van der Waals surface area contributed by atoms with Crippen molar-refractivity contribution < 1.29 is 14.3 Å². The number of benzene rings is 1. The van der Waals surface area contributed by atoms with E-state index in [1.54, 1.807) is 7.11 Å². The molecular formula is C15H19NO3. The molecule has 0 radical (unpaired) electrons. The maximum absolute atomic E-state index is 12.4. The summed E-state index contributed by atoms with van der Waals surface area (Å²) in [7, 11) is 1.73. The quantitative estimate of drug-likeness (QED) is 0.812. The molecule has 1 saturated heterocycles. The second-order valence-corrected chi connectivity index (χ2v) is 5.18. The van der Waals surface area contributed by atoms with E-state index in [0.717, 1.165) is 37.2 Å². The molecule has 0 bridgehead atoms. The van der Waals surface area contributed by atoms with Crippen LogP contribution in [0.5, 0.6) is 5.75 Å². The molecule has 1 aromatic rings. The molecule has 4 nitrogen and oxygen atoms in total. The summed E-state index contributed by atoms with van der Waals surface area (Å²) in [6, 6.07) is 7.88. The van der Waals surface area contributed by atoms with Gasteiger partial charge < -0.3 is 14.4 Å². The van der Waals surface area contributed by atoms with E-state index in [0.29, 0.717) is 12.5 Å². The number of piperidine rings is 1. The van der Waals surface area contributed by atoms with Crippen molar-refractivity contribution >= 4 is 5.91 Å². The number of methoxy groups -OCH3 is 1. The highest BCUT2D eigenvalue weighted by Crippen LogP contribution is 2.29. The summed E-state index contributed by atoms with van der Waals surface area (Å²) in [5.74, 6) is 0.971. The molecular weight excluding hydrogens is 242 g/mol. The lowest BCUT2D eigenvalue weighted by Crippen LogP contribution is -2.46. The fourth-order valence-electron chi connectivity index (χ4n) is 2.84. The van der Waals surface area contributed by atoms with E-state index in [1.807, 2.05) is 29.2 Å². The highest BCUT2D eigenvalue weighted by atomic mass is 16.5. The van der Waals surface area contributed by atoms with Crippen LogP contribution in [0.1, 0.15) is 18.4 Å². The average Bonchev–Trinajstić information content (AvgIpc) is 2.90. The Morgan fingerprint density at radius 2 is 2.05 bits per heavy atom. The number of rotatable bonds is 2. The van der Waals surface area contributed by atoms with Gasteiger partial charge in [0.15, 0.2) is 6.10 Å². The zero-order valence-corrected chi connectivity index (χ0v) is 11.2. The number of nitrogens with zero attached hydrogens (tertiary/aromatic N) is 1. The number of carbonyl (C=O) groups excluding carboxylic acids is 1. The van der Waals surface area contributed by atoms with Crippen molar-refractivity contribution in [3.05, 3.63) is 29.8 Å². The summed E-state index contributed by atoms with van der Waals surface area (Å²) in [4.78, 5) is 14.3. The Hall–Kier alpha value is -1.55. The number of amides is 1. The summed E-state index contributed by atoms with van der Waals surface area (Å²) in [6.45, 7) is 1.54. The van der Waals surface area contributed by atoms with E-state index in [-0.39, 0.29) is 12.0 Å². The van der Waals surface area contributed by atoms with Crippen LogP contribution in [-0.2, 0) is 16.0 Å². The van der Waals surface area contributed by atoms with Gasteiger partial charge in [0.25, 0.3) is 5.91 Å². The van der Waals surface area contributed by atoms with Crippen molar-refractivity contribution in [2.45, 2.75) is 31.5 Å². The normalized spacial score (nSPS) is 23.0. The van der Waals surface area contributed by atoms with Gasteiger partial charge in [-0.05, 0) is 24.5 Å². The first-order valence-corrected chi connectivity index (χ1v) is 6.84. The summed E-state index contributed by atoms with van der Waals surface area (Å²) >= 11 is 0. The summed E-state index contributed by atoms with van der Waals surface area (Å²) in [5.41, 5.74) is 1.13. The Morgan fingerprint density at radius 1 is 1.32 bits per heavy atom. The van der Waals surface area contributed by atoms with Crippen LogP contribution in [0.15, 0.2) is 24.3 Å². The lowest BCUT2D eigenvalue weighted by Gasteiger charge is -2.32. The first kappa shape index (κ1) is 12.5. The molecule has 0 N–H and O–H groups in total. The van der Waals surface area contributed by atoms with Crippen molar-refractivity contribution in [1.29, 1.82) is 0 Å². The van der Waals surface area contributed by atoms with Gasteiger partial charge in [-0.2, -0.15) is 0 Å². The van der Waals surface area contributed by atoms with Crippen LogP contribution in [0.3, 0.4) is 0 Å². The molecule has 102 valence electrons. The molecule has 1 unspecified atom stereocenters. The third-order valence-corrected chi connectivity index (χ3v) is 4.01. The van der Waals surface area contributed by atoms with Crippen molar-refractivity contribution in [3.8, 4) is 5.75 Å². The number of hydrogen-bond donors (Lipinski definition) is 0. The second-order valence-electron chi connectivity index (χ2n) is 5.18. The highest BCUT2D eigenvalue weighted by molar-refractivity contribution is 5.82. The smallest absolute Gasteiger partial charge is 0.263 e. The van der Waals surface area contributed by atoms with E-state index < -0.39 is 0 Å². The molecule has 1 atom stereocenters. The van der Waals surface area contributed by atoms with E-state index in [2.05, 4.69) is 0 Å². The molecule has 0 aliphatic carbocycles. The standard InChI is InChI=1S/C15H19NO3/c1-18-12-6-8-16(9-7-12)15(17)14-10-11-4-2-3-5-13(11)19-14/h2-5,12,14H,6-10H2,1H3.